The molecule has 7 nitrogen and oxygen atoms in total. The van der Waals surface area contributed by atoms with E-state index in [1.807, 2.05) is 18.2 Å². The van der Waals surface area contributed by atoms with Crippen molar-refractivity contribution in [1.82, 2.24) is 29.5 Å². The average Bonchev–Trinajstić information content (AvgIpc) is 3.23. The zero-order valence-electron chi connectivity index (χ0n) is 16.9. The molecule has 10 heteroatoms. The van der Waals surface area contributed by atoms with Crippen molar-refractivity contribution in [2.45, 2.75) is 25.3 Å². The molecule has 0 spiro atoms. The van der Waals surface area contributed by atoms with Crippen molar-refractivity contribution in [3.8, 4) is 0 Å². The number of rotatable bonds is 4. The molecule has 0 N–H and O–H groups in total. The Bertz CT molecular complexity index is 1380. The Kier molecular flexibility index (Phi) is 5.05. The SMILES string of the molecule is CN(C(=O)c1cnc2c(Cl)cccc2c1)C1CC(=Cc2cc(C(F)F)nc3ncnn23)C1. The molecule has 0 bridgehead atoms. The van der Waals surface area contributed by atoms with E-state index in [0.717, 1.165) is 11.0 Å². The lowest BCUT2D eigenvalue weighted by atomic mass is 9.84. The fourth-order valence-electron chi connectivity index (χ4n) is 3.83. The summed E-state index contributed by atoms with van der Waals surface area (Å²) >= 11 is 6.15. The van der Waals surface area contributed by atoms with Crippen LogP contribution in [0.1, 0.15) is 41.0 Å². The molecular weight excluding hydrogens is 438 g/mol. The number of carbonyl (C=O) groups is 1. The molecule has 0 saturated heterocycles. The monoisotopic (exact) mass is 454 g/mol. The van der Waals surface area contributed by atoms with Crippen molar-refractivity contribution in [3.05, 3.63) is 70.4 Å². The number of amides is 1. The van der Waals surface area contributed by atoms with Crippen LogP contribution in [0.5, 0.6) is 0 Å². The topological polar surface area (TPSA) is 76.3 Å². The molecule has 1 aliphatic carbocycles. The molecule has 1 aromatic carbocycles. The van der Waals surface area contributed by atoms with E-state index < -0.39 is 6.43 Å². The molecule has 0 atom stereocenters. The van der Waals surface area contributed by atoms with Gasteiger partial charge >= 0.3 is 0 Å². The highest BCUT2D eigenvalue weighted by molar-refractivity contribution is 6.35. The highest BCUT2D eigenvalue weighted by Gasteiger charge is 2.30. The van der Waals surface area contributed by atoms with Gasteiger partial charge in [-0.1, -0.05) is 29.3 Å². The van der Waals surface area contributed by atoms with E-state index in [4.69, 9.17) is 11.6 Å². The van der Waals surface area contributed by atoms with E-state index >= 15 is 0 Å². The maximum Gasteiger partial charge on any atom is 0.280 e. The molecule has 3 aromatic heterocycles. The zero-order valence-corrected chi connectivity index (χ0v) is 17.7. The number of pyridine rings is 1. The number of para-hydroxylation sites is 1. The van der Waals surface area contributed by atoms with E-state index in [2.05, 4.69) is 20.1 Å². The van der Waals surface area contributed by atoms with Crippen molar-refractivity contribution in [3.63, 3.8) is 0 Å². The summed E-state index contributed by atoms with van der Waals surface area (Å²) in [5.74, 6) is -0.00674. The van der Waals surface area contributed by atoms with Crippen LogP contribution < -0.4 is 0 Å². The van der Waals surface area contributed by atoms with Crippen LogP contribution in [0.25, 0.3) is 22.8 Å². The van der Waals surface area contributed by atoms with Gasteiger partial charge in [-0.05, 0) is 37.1 Å². The quantitative estimate of drug-likeness (QED) is 0.451. The molecule has 1 amide bonds. The lowest BCUT2D eigenvalue weighted by Crippen LogP contribution is -2.42. The van der Waals surface area contributed by atoms with Gasteiger partial charge in [0.15, 0.2) is 0 Å². The maximum absolute atomic E-state index is 13.2. The number of alkyl halides is 2. The third-order valence-electron chi connectivity index (χ3n) is 5.65. The van der Waals surface area contributed by atoms with Crippen molar-refractivity contribution < 1.29 is 13.6 Å². The molecule has 162 valence electrons. The second kappa shape index (κ2) is 7.90. The summed E-state index contributed by atoms with van der Waals surface area (Å²) in [5.41, 5.74) is 2.31. The van der Waals surface area contributed by atoms with Crippen LogP contribution in [0.3, 0.4) is 0 Å². The number of aromatic nitrogens is 5. The molecule has 32 heavy (non-hydrogen) atoms. The normalized spacial score (nSPS) is 15.9. The summed E-state index contributed by atoms with van der Waals surface area (Å²) in [6.07, 6.45) is 3.20. The second-order valence-corrected chi connectivity index (χ2v) is 8.10. The van der Waals surface area contributed by atoms with Crippen LogP contribution in [0.4, 0.5) is 8.78 Å². The number of hydrogen-bond donors (Lipinski definition) is 0. The van der Waals surface area contributed by atoms with Gasteiger partial charge in [-0.2, -0.15) is 14.6 Å². The highest BCUT2D eigenvalue weighted by Crippen LogP contribution is 2.33. The maximum atomic E-state index is 13.2. The van der Waals surface area contributed by atoms with Crippen molar-refractivity contribution in [2.75, 3.05) is 7.05 Å². The summed E-state index contributed by atoms with van der Waals surface area (Å²) < 4.78 is 27.7. The van der Waals surface area contributed by atoms with Gasteiger partial charge in [0.05, 0.1) is 21.8 Å². The lowest BCUT2D eigenvalue weighted by Gasteiger charge is -2.37. The van der Waals surface area contributed by atoms with Gasteiger partial charge < -0.3 is 4.90 Å². The number of fused-ring (bicyclic) bond motifs is 2. The van der Waals surface area contributed by atoms with Crippen molar-refractivity contribution in [2.24, 2.45) is 0 Å². The summed E-state index contributed by atoms with van der Waals surface area (Å²) in [6.45, 7) is 0. The Morgan fingerprint density at radius 3 is 2.88 bits per heavy atom. The first kappa shape index (κ1) is 20.4. The van der Waals surface area contributed by atoms with Crippen LogP contribution in [0.2, 0.25) is 5.02 Å². The average molecular weight is 455 g/mol. The van der Waals surface area contributed by atoms with Crippen LogP contribution >= 0.6 is 11.6 Å². The van der Waals surface area contributed by atoms with Gasteiger partial charge in [0.1, 0.15) is 12.0 Å². The third-order valence-corrected chi connectivity index (χ3v) is 5.95. The highest BCUT2D eigenvalue weighted by atomic mass is 35.5. The Morgan fingerprint density at radius 1 is 1.28 bits per heavy atom. The number of halogens is 3. The first-order chi connectivity index (χ1) is 15.4. The predicted octanol–water partition coefficient (Wildman–Crippen LogP) is 4.58. The van der Waals surface area contributed by atoms with Gasteiger partial charge in [0.25, 0.3) is 18.1 Å². The summed E-state index contributed by atoms with van der Waals surface area (Å²) in [6, 6.07) is 8.54. The van der Waals surface area contributed by atoms with Gasteiger partial charge in [0, 0.05) is 24.7 Å². The molecule has 4 aromatic rings. The first-order valence-electron chi connectivity index (χ1n) is 9.90. The zero-order chi connectivity index (χ0) is 22.4. The lowest BCUT2D eigenvalue weighted by molar-refractivity contribution is 0.0699. The van der Waals surface area contributed by atoms with Crippen molar-refractivity contribution in [1.29, 1.82) is 0 Å². The first-order valence-corrected chi connectivity index (χ1v) is 10.3. The van der Waals surface area contributed by atoms with E-state index in [0.29, 0.717) is 34.6 Å². The molecule has 0 aliphatic heterocycles. The van der Waals surface area contributed by atoms with E-state index in [1.165, 1.54) is 23.1 Å². The minimum atomic E-state index is -2.70. The van der Waals surface area contributed by atoms with Crippen LogP contribution in [0, 0.1) is 0 Å². The Morgan fingerprint density at radius 2 is 2.09 bits per heavy atom. The molecule has 0 unspecified atom stereocenters. The fraction of sp³-hybridized carbons (Fsp3) is 0.227. The number of nitrogens with zero attached hydrogens (tertiary/aromatic N) is 6. The van der Waals surface area contributed by atoms with Gasteiger partial charge in [-0.25, -0.2) is 13.8 Å². The minimum absolute atomic E-state index is 0.00597. The molecular formula is C22H17ClF2N6O. The Balaban J connectivity index is 1.33. The van der Waals surface area contributed by atoms with E-state index in [1.54, 1.807) is 24.1 Å². The molecule has 3 heterocycles. The van der Waals surface area contributed by atoms with Crippen molar-refractivity contribution >= 4 is 40.3 Å². The molecule has 0 radical (unpaired) electrons. The molecule has 1 aliphatic rings. The Hall–Kier alpha value is -3.46. The van der Waals surface area contributed by atoms with E-state index in [9.17, 15) is 13.6 Å². The molecule has 1 fully saturated rings. The van der Waals surface area contributed by atoms with Gasteiger partial charge in [-0.3, -0.25) is 9.78 Å². The number of hydrogen-bond acceptors (Lipinski definition) is 5. The number of benzene rings is 1. The van der Waals surface area contributed by atoms with Gasteiger partial charge in [0.2, 0.25) is 0 Å². The minimum Gasteiger partial charge on any atom is -0.338 e. The fourth-order valence-corrected chi connectivity index (χ4v) is 4.06. The summed E-state index contributed by atoms with van der Waals surface area (Å²) in [4.78, 5) is 26.7. The molecule has 5 rings (SSSR count). The smallest absolute Gasteiger partial charge is 0.280 e. The third kappa shape index (κ3) is 3.58. The largest absolute Gasteiger partial charge is 0.338 e. The van der Waals surface area contributed by atoms with Gasteiger partial charge in [-0.15, -0.1) is 0 Å². The van der Waals surface area contributed by atoms with Crippen LogP contribution in [0.15, 0.2) is 48.4 Å². The summed E-state index contributed by atoms with van der Waals surface area (Å²) in [7, 11) is 1.75. The molecule has 1 saturated carbocycles. The van der Waals surface area contributed by atoms with Crippen LogP contribution in [-0.2, 0) is 0 Å². The number of carbonyl (C=O) groups excluding carboxylic acids is 1. The van der Waals surface area contributed by atoms with E-state index in [-0.39, 0.29) is 23.4 Å². The second-order valence-electron chi connectivity index (χ2n) is 7.69. The summed E-state index contributed by atoms with van der Waals surface area (Å²) in [5, 5.41) is 5.40. The standard InChI is InChI=1S/C22H17ClF2N6O/c1-30(21(32)14-8-13-3-2-4-17(23)19(13)26-10-14)15-5-12(6-15)7-16-9-18(20(24)25)29-22-27-11-28-31(16)22/h2-4,7-11,15,20H,5-6H2,1H3. The van der Waals surface area contributed by atoms with Crippen LogP contribution in [-0.4, -0.2) is 48.5 Å². The predicted molar refractivity (Wildman–Crippen MR) is 116 cm³/mol. The Labute approximate surface area is 186 Å².